The van der Waals surface area contributed by atoms with Gasteiger partial charge in [-0.1, -0.05) is 15.9 Å². The normalized spacial score (nSPS) is 36.7. The van der Waals surface area contributed by atoms with Crippen LogP contribution < -0.4 is 0 Å². The highest BCUT2D eigenvalue weighted by atomic mass is 79.9. The van der Waals surface area contributed by atoms with Crippen LogP contribution in [0.4, 0.5) is 0 Å². The first-order valence-electron chi connectivity index (χ1n) is 3.68. The van der Waals surface area contributed by atoms with Gasteiger partial charge in [0.05, 0.1) is 6.10 Å². The molecule has 1 rings (SSSR count). The Labute approximate surface area is 75.7 Å². The summed E-state index contributed by atoms with van der Waals surface area (Å²) in [5.41, 5.74) is 0. The van der Waals surface area contributed by atoms with Crippen molar-refractivity contribution < 1.29 is 9.47 Å². The van der Waals surface area contributed by atoms with Crippen LogP contribution >= 0.6 is 15.9 Å². The summed E-state index contributed by atoms with van der Waals surface area (Å²) in [4.78, 5) is 1.80. The molecule has 0 saturated carbocycles. The third kappa shape index (κ3) is 2.29. The van der Waals surface area contributed by atoms with Crippen LogP contribution in [0.25, 0.3) is 0 Å². The second-order valence-electron chi connectivity index (χ2n) is 3.12. The van der Waals surface area contributed by atoms with Gasteiger partial charge in [-0.2, -0.15) is 0 Å². The van der Waals surface area contributed by atoms with Crippen LogP contribution in [0.15, 0.2) is 11.1 Å². The van der Waals surface area contributed by atoms with E-state index >= 15 is 0 Å². The Morgan fingerprint density at radius 3 is 2.36 bits per heavy atom. The number of hydrogen-bond donors (Lipinski definition) is 0. The van der Waals surface area contributed by atoms with Crippen LogP contribution in [0.5, 0.6) is 0 Å². The Balaban J connectivity index is 2.59. The molecule has 1 aliphatic heterocycles. The molecule has 0 spiro atoms. The monoisotopic (exact) mass is 220 g/mol. The van der Waals surface area contributed by atoms with Crippen molar-refractivity contribution >= 4 is 15.9 Å². The minimum atomic E-state index is -0.434. The molecule has 2 atom stereocenters. The summed E-state index contributed by atoms with van der Waals surface area (Å²) in [5, 5.41) is 0. The first-order valence-corrected chi connectivity index (χ1v) is 4.59. The summed E-state index contributed by atoms with van der Waals surface area (Å²) in [7, 11) is 0. The molecule has 0 aromatic rings. The van der Waals surface area contributed by atoms with Crippen molar-refractivity contribution in [3.63, 3.8) is 0 Å². The molecule has 1 aliphatic rings. The van der Waals surface area contributed by atoms with Gasteiger partial charge in [-0.05, 0) is 31.8 Å². The summed E-state index contributed by atoms with van der Waals surface area (Å²) in [6.07, 6.45) is 2.16. The fraction of sp³-hybridized carbons (Fsp3) is 0.750. The summed E-state index contributed by atoms with van der Waals surface area (Å²) >= 11 is 3.21. The van der Waals surface area contributed by atoms with Gasteiger partial charge in [-0.25, -0.2) is 0 Å². The smallest absolute Gasteiger partial charge is 0.164 e. The molecule has 3 heteroatoms. The number of rotatable bonds is 1. The average Bonchev–Trinajstić information content (AvgIpc) is 2.07. The zero-order chi connectivity index (χ0) is 8.48. The summed E-state index contributed by atoms with van der Waals surface area (Å²) < 4.78 is 11.1. The Morgan fingerprint density at radius 2 is 2.00 bits per heavy atom. The molecule has 1 saturated heterocycles. The highest BCUT2D eigenvalue weighted by molar-refractivity contribution is 9.11. The Bertz CT molecular complexity index is 165. The fourth-order valence-electron chi connectivity index (χ4n) is 1.23. The quantitative estimate of drug-likeness (QED) is 0.677. The van der Waals surface area contributed by atoms with E-state index < -0.39 is 5.79 Å². The van der Waals surface area contributed by atoms with E-state index in [2.05, 4.69) is 15.9 Å². The van der Waals surface area contributed by atoms with Gasteiger partial charge in [0.1, 0.15) is 6.10 Å². The van der Waals surface area contributed by atoms with Crippen molar-refractivity contribution in [3.8, 4) is 0 Å². The van der Waals surface area contributed by atoms with Gasteiger partial charge in [-0.15, -0.1) is 0 Å². The van der Waals surface area contributed by atoms with Gasteiger partial charge in [0.2, 0.25) is 0 Å². The lowest BCUT2D eigenvalue weighted by molar-refractivity contribution is -0.141. The Kier molecular flexibility index (Phi) is 2.73. The summed E-state index contributed by atoms with van der Waals surface area (Å²) in [6, 6.07) is 0. The lowest BCUT2D eigenvalue weighted by Crippen LogP contribution is -2.20. The molecule has 0 aliphatic carbocycles. The molecule has 0 radical (unpaired) electrons. The second-order valence-corrected chi connectivity index (χ2v) is 3.65. The van der Waals surface area contributed by atoms with Gasteiger partial charge < -0.3 is 9.47 Å². The fourth-order valence-corrected chi connectivity index (χ4v) is 1.53. The van der Waals surface area contributed by atoms with Crippen molar-refractivity contribution in [2.45, 2.75) is 38.8 Å². The molecule has 0 bridgehead atoms. The molecule has 2 nitrogen and oxygen atoms in total. The van der Waals surface area contributed by atoms with Crippen LogP contribution in [0, 0.1) is 0 Å². The molecule has 1 fully saturated rings. The van der Waals surface area contributed by atoms with Gasteiger partial charge in [0.25, 0.3) is 0 Å². The van der Waals surface area contributed by atoms with Crippen molar-refractivity contribution in [2.75, 3.05) is 0 Å². The maximum absolute atomic E-state index is 5.56. The maximum atomic E-state index is 5.56. The molecule has 0 amide bonds. The van der Waals surface area contributed by atoms with Gasteiger partial charge in [0.15, 0.2) is 5.79 Å². The molecule has 1 heterocycles. The van der Waals surface area contributed by atoms with E-state index in [-0.39, 0.29) is 12.2 Å². The first kappa shape index (κ1) is 9.23. The van der Waals surface area contributed by atoms with Crippen molar-refractivity contribution in [3.05, 3.63) is 11.1 Å². The molecule has 0 unspecified atom stereocenters. The van der Waals surface area contributed by atoms with Gasteiger partial charge in [-0.3, -0.25) is 0 Å². The topological polar surface area (TPSA) is 18.5 Å². The SMILES string of the molecule is C[C@H]1OC(C)(C)O[C@H]1/C=C\Br. The third-order valence-electron chi connectivity index (χ3n) is 1.61. The number of halogens is 1. The zero-order valence-corrected chi connectivity index (χ0v) is 8.59. The maximum Gasteiger partial charge on any atom is 0.164 e. The van der Waals surface area contributed by atoms with E-state index in [0.717, 1.165) is 0 Å². The van der Waals surface area contributed by atoms with Crippen LogP contribution in [0.3, 0.4) is 0 Å². The zero-order valence-electron chi connectivity index (χ0n) is 7.00. The highest BCUT2D eigenvalue weighted by Gasteiger charge is 2.36. The lowest BCUT2D eigenvalue weighted by Gasteiger charge is -2.15. The van der Waals surface area contributed by atoms with Crippen molar-refractivity contribution in [2.24, 2.45) is 0 Å². The van der Waals surface area contributed by atoms with E-state index in [1.165, 1.54) is 0 Å². The van der Waals surface area contributed by atoms with E-state index in [9.17, 15) is 0 Å². The van der Waals surface area contributed by atoms with Crippen molar-refractivity contribution in [1.29, 1.82) is 0 Å². The van der Waals surface area contributed by atoms with Gasteiger partial charge >= 0.3 is 0 Å². The standard InChI is InChI=1S/C8H13BrO2/c1-6-7(4-5-9)11-8(2,3)10-6/h4-7H,1-3H3/b5-4-/t6-,7+/m1/s1. The number of ether oxygens (including phenoxy) is 2. The molecule has 64 valence electrons. The van der Waals surface area contributed by atoms with E-state index in [0.29, 0.717) is 0 Å². The Hall–Kier alpha value is 0.140. The molecule has 0 aromatic carbocycles. The minimum absolute atomic E-state index is 0.0735. The number of hydrogen-bond acceptors (Lipinski definition) is 2. The molecule has 0 aromatic heterocycles. The van der Waals surface area contributed by atoms with Crippen molar-refractivity contribution in [1.82, 2.24) is 0 Å². The van der Waals surface area contributed by atoms with Crippen LogP contribution in [0.1, 0.15) is 20.8 Å². The van der Waals surface area contributed by atoms with Crippen LogP contribution in [0.2, 0.25) is 0 Å². The van der Waals surface area contributed by atoms with E-state index in [4.69, 9.17) is 9.47 Å². The predicted octanol–water partition coefficient (Wildman–Crippen LogP) is 2.44. The highest BCUT2D eigenvalue weighted by Crippen LogP contribution is 2.28. The summed E-state index contributed by atoms with van der Waals surface area (Å²) in [6.45, 7) is 5.85. The largest absolute Gasteiger partial charge is 0.345 e. The molecular formula is C8H13BrO2. The molecule has 11 heavy (non-hydrogen) atoms. The van der Waals surface area contributed by atoms with Crippen LogP contribution in [-0.2, 0) is 9.47 Å². The first-order chi connectivity index (χ1) is 5.05. The van der Waals surface area contributed by atoms with E-state index in [1.54, 1.807) is 4.99 Å². The molecule has 0 N–H and O–H groups in total. The minimum Gasteiger partial charge on any atom is -0.345 e. The lowest BCUT2D eigenvalue weighted by atomic mass is 10.2. The van der Waals surface area contributed by atoms with Gasteiger partial charge in [0, 0.05) is 0 Å². The average molecular weight is 221 g/mol. The van der Waals surface area contributed by atoms with E-state index in [1.807, 2.05) is 26.8 Å². The second kappa shape index (κ2) is 3.25. The molecular weight excluding hydrogens is 208 g/mol. The third-order valence-corrected chi connectivity index (χ3v) is 1.92. The summed E-state index contributed by atoms with van der Waals surface area (Å²) in [5.74, 6) is -0.434. The predicted molar refractivity (Wildman–Crippen MR) is 47.6 cm³/mol. The van der Waals surface area contributed by atoms with Crippen LogP contribution in [-0.4, -0.2) is 18.0 Å². The Morgan fingerprint density at radius 1 is 1.36 bits per heavy atom.